The highest BCUT2D eigenvalue weighted by molar-refractivity contribution is 6.18. The average Bonchev–Trinajstić information content (AvgIpc) is 3.19. The summed E-state index contributed by atoms with van der Waals surface area (Å²) in [6, 6.07) is 3.60. The Morgan fingerprint density at radius 2 is 2.00 bits per heavy atom. The Bertz CT molecular complexity index is 394. The van der Waals surface area contributed by atoms with Gasteiger partial charge in [0.2, 0.25) is 0 Å². The quantitative estimate of drug-likeness (QED) is 0.743. The van der Waals surface area contributed by atoms with Crippen LogP contribution in [0.15, 0.2) is 12.3 Å². The van der Waals surface area contributed by atoms with Crippen molar-refractivity contribution in [3.63, 3.8) is 0 Å². The molecule has 4 heteroatoms. The van der Waals surface area contributed by atoms with Gasteiger partial charge in [0.05, 0.1) is 11.7 Å². The van der Waals surface area contributed by atoms with E-state index in [0.717, 1.165) is 25.0 Å². The first kappa shape index (κ1) is 13.4. The molecule has 0 radical (unpaired) electrons. The van der Waals surface area contributed by atoms with E-state index >= 15 is 0 Å². The highest BCUT2D eigenvalue weighted by Crippen LogP contribution is 2.29. The summed E-state index contributed by atoms with van der Waals surface area (Å²) >= 11 is 5.89. The first-order valence-corrected chi connectivity index (χ1v) is 8.24. The van der Waals surface area contributed by atoms with Crippen LogP contribution in [-0.4, -0.2) is 33.1 Å². The summed E-state index contributed by atoms with van der Waals surface area (Å²) in [4.78, 5) is 2.49. The number of rotatable bonds is 6. The lowest BCUT2D eigenvalue weighted by atomic mass is 9.96. The molecule has 0 N–H and O–H groups in total. The lowest BCUT2D eigenvalue weighted by Crippen LogP contribution is -2.28. The van der Waals surface area contributed by atoms with Crippen molar-refractivity contribution in [2.45, 2.75) is 63.6 Å². The molecule has 0 aliphatic heterocycles. The Kier molecular flexibility index (Phi) is 4.44. The van der Waals surface area contributed by atoms with Gasteiger partial charge in [-0.2, -0.15) is 5.10 Å². The normalized spacial score (nSPS) is 21.2. The molecular weight excluding hydrogens is 258 g/mol. The Labute approximate surface area is 120 Å². The molecule has 106 valence electrons. The van der Waals surface area contributed by atoms with Crippen molar-refractivity contribution in [1.29, 1.82) is 0 Å². The number of aromatic nitrogens is 2. The molecule has 3 rings (SSSR count). The molecule has 1 aromatic rings. The van der Waals surface area contributed by atoms with E-state index in [9.17, 15) is 0 Å². The summed E-state index contributed by atoms with van der Waals surface area (Å²) < 4.78 is 2.21. The van der Waals surface area contributed by atoms with E-state index in [1.807, 2.05) is 0 Å². The molecule has 2 aliphatic rings. The maximum atomic E-state index is 5.89. The van der Waals surface area contributed by atoms with E-state index in [0.29, 0.717) is 6.04 Å². The van der Waals surface area contributed by atoms with Crippen molar-refractivity contribution >= 4 is 11.6 Å². The molecule has 0 aromatic carbocycles. The van der Waals surface area contributed by atoms with Crippen LogP contribution in [0.5, 0.6) is 0 Å². The minimum absolute atomic E-state index is 0.643. The highest BCUT2D eigenvalue weighted by Gasteiger charge is 2.29. The van der Waals surface area contributed by atoms with Crippen molar-refractivity contribution in [1.82, 2.24) is 14.7 Å². The van der Waals surface area contributed by atoms with Crippen molar-refractivity contribution in [2.24, 2.45) is 0 Å². The van der Waals surface area contributed by atoms with Gasteiger partial charge in [0.15, 0.2) is 0 Å². The van der Waals surface area contributed by atoms with E-state index in [1.165, 1.54) is 50.6 Å². The topological polar surface area (TPSA) is 21.1 Å². The van der Waals surface area contributed by atoms with Crippen LogP contribution in [0.3, 0.4) is 0 Å². The second-order valence-corrected chi connectivity index (χ2v) is 6.35. The van der Waals surface area contributed by atoms with Crippen molar-refractivity contribution < 1.29 is 0 Å². The van der Waals surface area contributed by atoms with Crippen LogP contribution in [-0.2, 0) is 6.54 Å². The lowest BCUT2D eigenvalue weighted by molar-refractivity contribution is 0.263. The molecule has 1 aromatic heterocycles. The number of nitrogens with zero attached hydrogens (tertiary/aromatic N) is 3. The minimum atomic E-state index is 0.643. The van der Waals surface area contributed by atoms with Gasteiger partial charge in [-0.1, -0.05) is 19.3 Å². The molecule has 3 nitrogen and oxygen atoms in total. The summed E-state index contributed by atoms with van der Waals surface area (Å²) in [7, 11) is 0. The molecule has 2 aliphatic carbocycles. The fraction of sp³-hybridized carbons (Fsp3) is 0.800. The van der Waals surface area contributed by atoms with Gasteiger partial charge in [-0.05, 0) is 31.7 Å². The monoisotopic (exact) mass is 281 g/mol. The van der Waals surface area contributed by atoms with E-state index < -0.39 is 0 Å². The van der Waals surface area contributed by atoms with E-state index in [-0.39, 0.29) is 0 Å². The van der Waals surface area contributed by atoms with Gasteiger partial charge in [0.25, 0.3) is 0 Å². The third kappa shape index (κ3) is 3.51. The molecule has 0 amide bonds. The number of alkyl halides is 1. The van der Waals surface area contributed by atoms with Crippen molar-refractivity contribution in [3.05, 3.63) is 18.0 Å². The van der Waals surface area contributed by atoms with Gasteiger partial charge in [-0.25, -0.2) is 0 Å². The fourth-order valence-corrected chi connectivity index (χ4v) is 3.37. The smallest absolute Gasteiger partial charge is 0.0765 e. The molecule has 0 unspecified atom stereocenters. The van der Waals surface area contributed by atoms with Crippen LogP contribution >= 0.6 is 11.6 Å². The maximum Gasteiger partial charge on any atom is 0.0765 e. The fourth-order valence-electron chi connectivity index (χ4n) is 3.16. The molecule has 0 saturated heterocycles. The zero-order chi connectivity index (χ0) is 13.1. The third-order valence-electron chi connectivity index (χ3n) is 4.41. The van der Waals surface area contributed by atoms with E-state index in [2.05, 4.69) is 21.8 Å². The zero-order valence-corrected chi connectivity index (χ0v) is 12.4. The van der Waals surface area contributed by atoms with Gasteiger partial charge >= 0.3 is 0 Å². The van der Waals surface area contributed by atoms with E-state index in [4.69, 9.17) is 16.7 Å². The number of hydrogen-bond donors (Lipinski definition) is 0. The lowest BCUT2D eigenvalue weighted by Gasteiger charge is -2.22. The predicted molar refractivity (Wildman–Crippen MR) is 78.5 cm³/mol. The van der Waals surface area contributed by atoms with Crippen molar-refractivity contribution in [3.8, 4) is 0 Å². The Morgan fingerprint density at radius 1 is 1.21 bits per heavy atom. The van der Waals surface area contributed by atoms with E-state index in [1.54, 1.807) is 0 Å². The molecule has 2 saturated carbocycles. The molecule has 1 heterocycles. The second-order valence-electron chi connectivity index (χ2n) is 5.97. The van der Waals surface area contributed by atoms with Crippen LogP contribution in [0.4, 0.5) is 0 Å². The predicted octanol–water partition coefficient (Wildman–Crippen LogP) is 3.59. The van der Waals surface area contributed by atoms with Crippen LogP contribution in [0.25, 0.3) is 0 Å². The minimum Gasteiger partial charge on any atom is -0.293 e. The summed E-state index contributed by atoms with van der Waals surface area (Å²) in [5.41, 5.74) is 1.21. The Morgan fingerprint density at radius 3 is 2.68 bits per heavy atom. The first-order chi connectivity index (χ1) is 9.36. The maximum absolute atomic E-state index is 5.89. The summed E-state index contributed by atoms with van der Waals surface area (Å²) in [6.07, 6.45) is 11.6. The van der Waals surface area contributed by atoms with Crippen LogP contribution in [0, 0.1) is 0 Å². The Balaban J connectivity index is 1.60. The van der Waals surface area contributed by atoms with Gasteiger partial charge in [-0.15, -0.1) is 11.6 Å². The summed E-state index contributed by atoms with van der Waals surface area (Å²) in [6.45, 7) is 1.96. The average molecular weight is 282 g/mol. The molecule has 0 atom stereocenters. The second kappa shape index (κ2) is 6.27. The van der Waals surface area contributed by atoms with Crippen LogP contribution < -0.4 is 0 Å². The summed E-state index contributed by atoms with van der Waals surface area (Å²) in [5.74, 6) is 0.722. The molecule has 0 spiro atoms. The molecular formula is C15H24ClN3. The standard InChI is InChI=1S/C15H24ClN3/c16-9-11-18(14-6-7-14)12-13-8-10-19(17-13)15-4-2-1-3-5-15/h8,10,14-15H,1-7,9,11-12H2. The molecule has 2 fully saturated rings. The van der Waals surface area contributed by atoms with Crippen LogP contribution in [0.2, 0.25) is 0 Å². The third-order valence-corrected chi connectivity index (χ3v) is 4.58. The number of hydrogen-bond acceptors (Lipinski definition) is 2. The van der Waals surface area contributed by atoms with Gasteiger partial charge in [0.1, 0.15) is 0 Å². The molecule has 19 heavy (non-hydrogen) atoms. The van der Waals surface area contributed by atoms with Crippen molar-refractivity contribution in [2.75, 3.05) is 12.4 Å². The molecule has 0 bridgehead atoms. The Hall–Kier alpha value is -0.540. The zero-order valence-electron chi connectivity index (χ0n) is 11.6. The van der Waals surface area contributed by atoms with Gasteiger partial charge < -0.3 is 0 Å². The summed E-state index contributed by atoms with van der Waals surface area (Å²) in [5, 5.41) is 4.80. The largest absolute Gasteiger partial charge is 0.293 e. The SMILES string of the molecule is ClCCN(Cc1ccn(C2CCCCC2)n1)C1CC1. The first-order valence-electron chi connectivity index (χ1n) is 7.71. The highest BCUT2D eigenvalue weighted by atomic mass is 35.5. The van der Waals surface area contributed by atoms with Gasteiger partial charge in [0, 0.05) is 31.2 Å². The number of halogens is 1. The van der Waals surface area contributed by atoms with Crippen LogP contribution in [0.1, 0.15) is 56.7 Å². The van der Waals surface area contributed by atoms with Gasteiger partial charge in [-0.3, -0.25) is 9.58 Å².